The van der Waals surface area contributed by atoms with Gasteiger partial charge in [-0.05, 0) is 24.5 Å². The van der Waals surface area contributed by atoms with Crippen molar-refractivity contribution < 1.29 is 0 Å². The van der Waals surface area contributed by atoms with E-state index in [0.717, 1.165) is 0 Å². The van der Waals surface area contributed by atoms with E-state index < -0.39 is 5.54 Å². The molecule has 0 aromatic heterocycles. The Morgan fingerprint density at radius 2 is 1.48 bits per heavy atom. The normalized spacial score (nSPS) is 23.1. The van der Waals surface area contributed by atoms with Crippen LogP contribution in [-0.2, 0) is 5.41 Å². The molecule has 2 aromatic carbocycles. The van der Waals surface area contributed by atoms with Crippen LogP contribution in [0.3, 0.4) is 0 Å². The second-order valence-electron chi connectivity index (χ2n) is 6.39. The van der Waals surface area contributed by atoms with Gasteiger partial charge >= 0.3 is 0 Å². The Morgan fingerprint density at radius 1 is 0.957 bits per heavy atom. The van der Waals surface area contributed by atoms with Crippen molar-refractivity contribution in [2.75, 3.05) is 13.1 Å². The lowest BCUT2D eigenvalue weighted by Crippen LogP contribution is -2.39. The summed E-state index contributed by atoms with van der Waals surface area (Å²) in [6, 6.07) is 25.3. The molecule has 3 heteroatoms. The molecule has 0 bridgehead atoms. The van der Waals surface area contributed by atoms with Crippen molar-refractivity contribution in [2.24, 2.45) is 0 Å². The van der Waals surface area contributed by atoms with Gasteiger partial charge in [0.15, 0.2) is 0 Å². The number of rotatable bonds is 3. The van der Waals surface area contributed by atoms with Gasteiger partial charge in [-0.3, -0.25) is 4.90 Å². The van der Waals surface area contributed by atoms with E-state index in [0.29, 0.717) is 13.0 Å². The summed E-state index contributed by atoms with van der Waals surface area (Å²) < 4.78 is 0. The number of nitrogens with zero attached hydrogens (tertiary/aromatic N) is 3. The van der Waals surface area contributed by atoms with Crippen molar-refractivity contribution in [1.82, 2.24) is 4.90 Å². The van der Waals surface area contributed by atoms with Crippen LogP contribution in [0.1, 0.15) is 24.5 Å². The summed E-state index contributed by atoms with van der Waals surface area (Å²) in [5, 5.41) is 18.9. The van der Waals surface area contributed by atoms with Crippen molar-refractivity contribution in [3.05, 3.63) is 71.8 Å². The highest BCUT2D eigenvalue weighted by molar-refractivity contribution is 5.44. The number of hydrogen-bond acceptors (Lipinski definition) is 3. The van der Waals surface area contributed by atoms with Crippen molar-refractivity contribution in [3.8, 4) is 12.1 Å². The average molecular weight is 301 g/mol. The third-order valence-electron chi connectivity index (χ3n) is 4.96. The number of benzene rings is 2. The van der Waals surface area contributed by atoms with E-state index in [1.54, 1.807) is 0 Å². The fourth-order valence-corrected chi connectivity index (χ4v) is 3.75. The second kappa shape index (κ2) is 5.88. The Labute approximate surface area is 137 Å². The van der Waals surface area contributed by atoms with E-state index in [2.05, 4.69) is 36.4 Å². The molecule has 1 heterocycles. The van der Waals surface area contributed by atoms with Crippen LogP contribution in [0.5, 0.6) is 0 Å². The minimum atomic E-state index is -0.637. The zero-order valence-electron chi connectivity index (χ0n) is 13.2. The summed E-state index contributed by atoms with van der Waals surface area (Å²) in [6.07, 6.45) is 0.687. The molecular weight excluding hydrogens is 282 g/mol. The van der Waals surface area contributed by atoms with E-state index in [4.69, 9.17) is 5.26 Å². The van der Waals surface area contributed by atoms with Crippen LogP contribution in [0, 0.1) is 22.7 Å². The minimum Gasteiger partial charge on any atom is -0.271 e. The molecule has 3 nitrogen and oxygen atoms in total. The molecule has 1 unspecified atom stereocenters. The molecule has 0 amide bonds. The van der Waals surface area contributed by atoms with Crippen molar-refractivity contribution >= 4 is 0 Å². The lowest BCUT2D eigenvalue weighted by Gasteiger charge is -2.30. The van der Waals surface area contributed by atoms with Crippen LogP contribution in [0.4, 0.5) is 0 Å². The van der Waals surface area contributed by atoms with Crippen LogP contribution >= 0.6 is 0 Å². The van der Waals surface area contributed by atoms with Crippen LogP contribution in [-0.4, -0.2) is 23.5 Å². The fourth-order valence-electron chi connectivity index (χ4n) is 3.75. The van der Waals surface area contributed by atoms with E-state index >= 15 is 0 Å². The van der Waals surface area contributed by atoms with Crippen LogP contribution in [0.25, 0.3) is 0 Å². The van der Waals surface area contributed by atoms with Gasteiger partial charge < -0.3 is 0 Å². The highest BCUT2D eigenvalue weighted by Gasteiger charge is 2.52. The highest BCUT2D eigenvalue weighted by Crippen LogP contribution is 2.47. The molecule has 1 saturated heterocycles. The van der Waals surface area contributed by atoms with Gasteiger partial charge in [0.25, 0.3) is 0 Å². The van der Waals surface area contributed by atoms with Crippen LogP contribution in [0.2, 0.25) is 0 Å². The van der Waals surface area contributed by atoms with Crippen LogP contribution in [0.15, 0.2) is 60.7 Å². The fraction of sp³-hybridized carbons (Fsp3) is 0.300. The molecule has 1 aliphatic heterocycles. The zero-order valence-corrected chi connectivity index (χ0v) is 13.2. The monoisotopic (exact) mass is 301 g/mol. The summed E-state index contributed by atoms with van der Waals surface area (Å²) in [7, 11) is 0. The first-order valence-corrected chi connectivity index (χ1v) is 7.79. The lowest BCUT2D eigenvalue weighted by atomic mass is 9.71. The summed E-state index contributed by atoms with van der Waals surface area (Å²) in [6.45, 7) is 2.89. The Bertz CT molecular complexity index is 715. The summed E-state index contributed by atoms with van der Waals surface area (Å²) in [5.74, 6) is 0. The second-order valence-corrected chi connectivity index (χ2v) is 6.39. The molecule has 0 saturated carbocycles. The van der Waals surface area contributed by atoms with Gasteiger partial charge in [-0.1, -0.05) is 60.7 Å². The Hall–Kier alpha value is -2.62. The predicted molar refractivity (Wildman–Crippen MR) is 89.5 cm³/mol. The van der Waals surface area contributed by atoms with Crippen molar-refractivity contribution in [3.63, 3.8) is 0 Å². The van der Waals surface area contributed by atoms with E-state index in [1.165, 1.54) is 11.1 Å². The Kier molecular flexibility index (Phi) is 3.90. The van der Waals surface area contributed by atoms with E-state index in [9.17, 15) is 5.26 Å². The molecule has 0 spiro atoms. The molecule has 1 fully saturated rings. The first-order valence-electron chi connectivity index (χ1n) is 7.79. The van der Waals surface area contributed by atoms with Crippen LogP contribution < -0.4 is 0 Å². The Morgan fingerprint density at radius 3 is 1.91 bits per heavy atom. The standard InChI is InChI=1S/C20H19N3/c1-19(15-22)14-20(16-23(19)13-12-21,17-8-4-2-5-9-17)18-10-6-3-7-11-18/h2-11H,13-14,16H2,1H3. The molecule has 0 N–H and O–H groups in total. The smallest absolute Gasteiger partial charge is 0.108 e. The first-order chi connectivity index (χ1) is 11.1. The maximum Gasteiger partial charge on any atom is 0.108 e. The molecular formula is C20H19N3. The first kappa shape index (κ1) is 15.3. The Balaban J connectivity index is 2.17. The molecule has 23 heavy (non-hydrogen) atoms. The third-order valence-corrected chi connectivity index (χ3v) is 4.96. The predicted octanol–water partition coefficient (Wildman–Crippen LogP) is 3.48. The summed E-state index contributed by atoms with van der Waals surface area (Å²) in [5.41, 5.74) is 1.51. The van der Waals surface area contributed by atoms with Gasteiger partial charge in [0.2, 0.25) is 0 Å². The molecule has 0 radical (unpaired) electrons. The lowest BCUT2D eigenvalue weighted by molar-refractivity contribution is 0.234. The van der Waals surface area contributed by atoms with Crippen molar-refractivity contribution in [1.29, 1.82) is 10.5 Å². The maximum absolute atomic E-state index is 9.75. The SMILES string of the molecule is CC1(C#N)CC(c2ccccc2)(c2ccccc2)CN1CC#N. The van der Waals surface area contributed by atoms with Gasteiger partial charge in [0.05, 0.1) is 18.7 Å². The molecule has 1 atom stereocenters. The quantitative estimate of drug-likeness (QED) is 0.815. The van der Waals surface area contributed by atoms with E-state index in [1.807, 2.05) is 48.2 Å². The van der Waals surface area contributed by atoms with Crippen molar-refractivity contribution in [2.45, 2.75) is 24.3 Å². The van der Waals surface area contributed by atoms with Gasteiger partial charge in [0, 0.05) is 12.0 Å². The average Bonchev–Trinajstić information content (AvgIpc) is 2.92. The van der Waals surface area contributed by atoms with Gasteiger partial charge in [-0.25, -0.2) is 0 Å². The van der Waals surface area contributed by atoms with Gasteiger partial charge in [-0.2, -0.15) is 10.5 Å². The summed E-state index contributed by atoms with van der Waals surface area (Å²) >= 11 is 0. The number of hydrogen-bond donors (Lipinski definition) is 0. The zero-order chi connectivity index (χ0) is 16.3. The van der Waals surface area contributed by atoms with Gasteiger partial charge in [0.1, 0.15) is 5.54 Å². The number of nitriles is 2. The largest absolute Gasteiger partial charge is 0.271 e. The maximum atomic E-state index is 9.75. The summed E-state index contributed by atoms with van der Waals surface area (Å²) in [4.78, 5) is 2.01. The molecule has 3 rings (SSSR count). The minimum absolute atomic E-state index is 0.260. The molecule has 0 aliphatic carbocycles. The molecule has 114 valence electrons. The van der Waals surface area contributed by atoms with Gasteiger partial charge in [-0.15, -0.1) is 0 Å². The third kappa shape index (κ3) is 2.50. The highest BCUT2D eigenvalue weighted by atomic mass is 15.2. The molecule has 2 aromatic rings. The number of likely N-dealkylation sites (tertiary alicyclic amines) is 1. The topological polar surface area (TPSA) is 50.8 Å². The molecule has 1 aliphatic rings. The van der Waals surface area contributed by atoms with E-state index in [-0.39, 0.29) is 12.0 Å².